The summed E-state index contributed by atoms with van der Waals surface area (Å²) >= 11 is 5.80. The van der Waals surface area contributed by atoms with Crippen LogP contribution in [0.1, 0.15) is 26.4 Å². The molecule has 2 aromatic carbocycles. The summed E-state index contributed by atoms with van der Waals surface area (Å²) in [6, 6.07) is 13.9. The van der Waals surface area contributed by atoms with Crippen LogP contribution in [0.25, 0.3) is 5.57 Å². The van der Waals surface area contributed by atoms with Crippen LogP contribution in [0.5, 0.6) is 5.75 Å². The van der Waals surface area contributed by atoms with Gasteiger partial charge in [0.1, 0.15) is 23.2 Å². The maximum atomic E-state index is 12.8. The maximum absolute atomic E-state index is 12.8. The van der Waals surface area contributed by atoms with Gasteiger partial charge in [0.25, 0.3) is 11.8 Å². The molecule has 1 aromatic heterocycles. The molecule has 4 rings (SSSR count). The number of rotatable bonds is 5. The summed E-state index contributed by atoms with van der Waals surface area (Å²) in [5.41, 5.74) is 1.91. The molecule has 0 radical (unpaired) electrons. The van der Waals surface area contributed by atoms with Crippen molar-refractivity contribution in [3.63, 3.8) is 0 Å². The van der Waals surface area contributed by atoms with Crippen LogP contribution in [0, 0.1) is 0 Å². The van der Waals surface area contributed by atoms with E-state index < -0.39 is 17.9 Å². The predicted octanol–water partition coefficient (Wildman–Crippen LogP) is 4.19. The number of amides is 2. The highest BCUT2D eigenvalue weighted by atomic mass is 35.5. The standard InChI is InChI=1S/C24H18ClN3O5/c25-16-8-9-19(26-12-16)24(32)27-18-2-1-3-21(30)22(18)28-23(31)15-6-4-14(5-7-15)17-13-33-11-10-20(17)29/h1-13,20,29-30H,(H,27,32)(H,28,31). The molecular weight excluding hydrogens is 446 g/mol. The number of aliphatic hydroxyl groups excluding tert-OH is 1. The van der Waals surface area contributed by atoms with Crippen molar-refractivity contribution in [1.29, 1.82) is 0 Å². The summed E-state index contributed by atoms with van der Waals surface area (Å²) in [4.78, 5) is 29.3. The number of hydrogen-bond donors (Lipinski definition) is 4. The van der Waals surface area contributed by atoms with Gasteiger partial charge >= 0.3 is 0 Å². The van der Waals surface area contributed by atoms with E-state index in [4.69, 9.17) is 16.3 Å². The van der Waals surface area contributed by atoms with Gasteiger partial charge in [0, 0.05) is 17.3 Å². The van der Waals surface area contributed by atoms with Gasteiger partial charge in [-0.1, -0.05) is 29.8 Å². The Morgan fingerprint density at radius 3 is 2.48 bits per heavy atom. The zero-order valence-electron chi connectivity index (χ0n) is 17.0. The van der Waals surface area contributed by atoms with Crippen LogP contribution >= 0.6 is 11.6 Å². The second-order valence-corrected chi connectivity index (χ2v) is 7.47. The van der Waals surface area contributed by atoms with Gasteiger partial charge in [-0.2, -0.15) is 0 Å². The molecule has 0 fully saturated rings. The number of ether oxygens (including phenoxy) is 1. The van der Waals surface area contributed by atoms with Crippen molar-refractivity contribution in [2.45, 2.75) is 6.10 Å². The number of benzene rings is 2. The largest absolute Gasteiger partial charge is 0.506 e. The number of halogens is 1. The van der Waals surface area contributed by atoms with Gasteiger partial charge in [0.15, 0.2) is 0 Å². The smallest absolute Gasteiger partial charge is 0.274 e. The van der Waals surface area contributed by atoms with Gasteiger partial charge in [-0.25, -0.2) is 4.98 Å². The average molecular weight is 464 g/mol. The normalized spacial score (nSPS) is 14.7. The minimum Gasteiger partial charge on any atom is -0.506 e. The molecule has 0 saturated carbocycles. The van der Waals surface area contributed by atoms with E-state index in [1.165, 1.54) is 55.1 Å². The van der Waals surface area contributed by atoms with Crippen molar-refractivity contribution in [2.24, 2.45) is 0 Å². The molecule has 1 unspecified atom stereocenters. The minimum atomic E-state index is -0.805. The maximum Gasteiger partial charge on any atom is 0.274 e. The molecule has 1 aliphatic heterocycles. The van der Waals surface area contributed by atoms with E-state index in [1.807, 2.05) is 0 Å². The van der Waals surface area contributed by atoms with Gasteiger partial charge in [0.2, 0.25) is 0 Å². The van der Waals surface area contributed by atoms with Crippen LogP contribution in [0.2, 0.25) is 5.02 Å². The number of nitrogens with one attached hydrogen (secondary N) is 2. The molecule has 2 amide bonds. The molecule has 4 N–H and O–H groups in total. The Kier molecular flexibility index (Phi) is 6.39. The average Bonchev–Trinajstić information content (AvgIpc) is 2.82. The number of aromatic nitrogens is 1. The summed E-state index contributed by atoms with van der Waals surface area (Å²) < 4.78 is 5.10. The molecule has 0 saturated heterocycles. The molecule has 2 heterocycles. The number of pyridine rings is 1. The Balaban J connectivity index is 1.51. The Morgan fingerprint density at radius 1 is 1.00 bits per heavy atom. The molecular formula is C24H18ClN3O5. The highest BCUT2D eigenvalue weighted by molar-refractivity contribution is 6.30. The van der Waals surface area contributed by atoms with Crippen molar-refractivity contribution in [3.8, 4) is 5.75 Å². The predicted molar refractivity (Wildman–Crippen MR) is 124 cm³/mol. The monoisotopic (exact) mass is 463 g/mol. The summed E-state index contributed by atoms with van der Waals surface area (Å²) in [5, 5.41) is 26.0. The molecule has 8 nitrogen and oxygen atoms in total. The first-order valence-corrected chi connectivity index (χ1v) is 10.2. The molecule has 3 aromatic rings. The van der Waals surface area contributed by atoms with Crippen LogP contribution in [-0.4, -0.2) is 33.1 Å². The second-order valence-electron chi connectivity index (χ2n) is 7.03. The van der Waals surface area contributed by atoms with E-state index in [0.717, 1.165) is 0 Å². The van der Waals surface area contributed by atoms with Crippen LogP contribution in [-0.2, 0) is 4.74 Å². The Labute approximate surface area is 193 Å². The van der Waals surface area contributed by atoms with E-state index >= 15 is 0 Å². The summed E-state index contributed by atoms with van der Waals surface area (Å²) in [6.45, 7) is 0. The van der Waals surface area contributed by atoms with Gasteiger partial charge in [-0.15, -0.1) is 0 Å². The van der Waals surface area contributed by atoms with Crippen molar-refractivity contribution in [2.75, 3.05) is 10.6 Å². The Bertz CT molecular complexity index is 1250. The molecule has 0 spiro atoms. The lowest BCUT2D eigenvalue weighted by atomic mass is 9.99. The third kappa shape index (κ3) is 5.03. The Morgan fingerprint density at radius 2 is 1.79 bits per heavy atom. The fraction of sp³-hybridized carbons (Fsp3) is 0.0417. The van der Waals surface area contributed by atoms with Crippen molar-refractivity contribution in [1.82, 2.24) is 4.98 Å². The lowest BCUT2D eigenvalue weighted by molar-refractivity contribution is 0.101. The second kappa shape index (κ2) is 9.56. The van der Waals surface area contributed by atoms with E-state index in [9.17, 15) is 19.8 Å². The molecule has 1 atom stereocenters. The number of aromatic hydroxyl groups is 1. The Hall–Kier alpha value is -4.14. The fourth-order valence-corrected chi connectivity index (χ4v) is 3.23. The number of carbonyl (C=O) groups is 2. The van der Waals surface area contributed by atoms with Crippen LogP contribution in [0.15, 0.2) is 79.4 Å². The van der Waals surface area contributed by atoms with Gasteiger partial charge in [-0.05, 0) is 48.0 Å². The molecule has 1 aliphatic rings. The summed E-state index contributed by atoms with van der Waals surface area (Å²) in [7, 11) is 0. The van der Waals surface area contributed by atoms with Gasteiger partial charge < -0.3 is 25.6 Å². The van der Waals surface area contributed by atoms with Crippen LogP contribution in [0.4, 0.5) is 11.4 Å². The van der Waals surface area contributed by atoms with E-state index in [0.29, 0.717) is 21.7 Å². The highest BCUT2D eigenvalue weighted by Gasteiger charge is 2.18. The molecule has 33 heavy (non-hydrogen) atoms. The van der Waals surface area contributed by atoms with Gasteiger partial charge in [-0.3, -0.25) is 9.59 Å². The molecule has 0 bridgehead atoms. The lowest BCUT2D eigenvalue weighted by Crippen LogP contribution is -2.17. The number of phenolic OH excluding ortho intramolecular Hbond substituents is 1. The zero-order valence-corrected chi connectivity index (χ0v) is 17.8. The quantitative estimate of drug-likeness (QED) is 0.421. The van der Waals surface area contributed by atoms with Gasteiger partial charge in [0.05, 0.1) is 23.2 Å². The molecule has 0 aliphatic carbocycles. The van der Waals surface area contributed by atoms with Crippen LogP contribution < -0.4 is 10.6 Å². The zero-order chi connectivity index (χ0) is 23.4. The SMILES string of the molecule is O=C(Nc1c(O)cccc1NC(=O)c1ccc(Cl)cn1)c1ccc(C2=COC=CC2O)cc1. The van der Waals surface area contributed by atoms with E-state index in [1.54, 1.807) is 24.3 Å². The van der Waals surface area contributed by atoms with E-state index in [-0.39, 0.29) is 22.8 Å². The first kappa shape index (κ1) is 22.1. The third-order valence-electron chi connectivity index (χ3n) is 4.82. The fourth-order valence-electron chi connectivity index (χ4n) is 3.12. The number of aliphatic hydroxyl groups is 1. The van der Waals surface area contributed by atoms with Crippen molar-refractivity contribution < 1.29 is 24.5 Å². The first-order chi connectivity index (χ1) is 15.9. The third-order valence-corrected chi connectivity index (χ3v) is 5.05. The number of carbonyl (C=O) groups excluding carboxylic acids is 2. The first-order valence-electron chi connectivity index (χ1n) is 9.79. The number of para-hydroxylation sites is 1. The van der Waals surface area contributed by atoms with Crippen molar-refractivity contribution in [3.05, 3.63) is 101 Å². The van der Waals surface area contributed by atoms with Crippen molar-refractivity contribution >= 4 is 40.4 Å². The number of nitrogens with zero attached hydrogens (tertiary/aromatic N) is 1. The highest BCUT2D eigenvalue weighted by Crippen LogP contribution is 2.32. The van der Waals surface area contributed by atoms with Crippen LogP contribution in [0.3, 0.4) is 0 Å². The summed E-state index contributed by atoms with van der Waals surface area (Å²) in [6.07, 6.45) is 4.87. The topological polar surface area (TPSA) is 121 Å². The number of phenols is 1. The molecule has 9 heteroatoms. The molecule has 166 valence electrons. The number of hydrogen-bond acceptors (Lipinski definition) is 6. The summed E-state index contributed by atoms with van der Waals surface area (Å²) in [5.74, 6) is -1.26. The van der Waals surface area contributed by atoms with E-state index in [2.05, 4.69) is 15.6 Å². The lowest BCUT2D eigenvalue weighted by Gasteiger charge is -2.16. The minimum absolute atomic E-state index is 0.0397. The number of anilines is 2.